The van der Waals surface area contributed by atoms with Crippen molar-refractivity contribution < 1.29 is 28.5 Å². The molecule has 10 heteroatoms. The predicted octanol–water partition coefficient (Wildman–Crippen LogP) is 3.72. The van der Waals surface area contributed by atoms with E-state index >= 15 is 0 Å². The van der Waals surface area contributed by atoms with E-state index in [0.717, 1.165) is 48.5 Å². The molecule has 0 bridgehead atoms. The summed E-state index contributed by atoms with van der Waals surface area (Å²) in [7, 11) is 0. The van der Waals surface area contributed by atoms with Gasteiger partial charge in [-0.05, 0) is 49.9 Å². The van der Waals surface area contributed by atoms with Crippen LogP contribution in [0.3, 0.4) is 0 Å². The van der Waals surface area contributed by atoms with Crippen LogP contribution in [0.15, 0.2) is 24.3 Å². The molecule has 4 aliphatic rings. The minimum Gasteiger partial charge on any atom is -0.332 e. The molecule has 2 aromatic heterocycles. The number of carbonyl (C=O) groups is 2. The number of thiophene rings is 2. The van der Waals surface area contributed by atoms with Crippen molar-refractivity contribution in [3.8, 4) is 0 Å². The normalized spacial score (nSPS) is 30.9. The van der Waals surface area contributed by atoms with Crippen LogP contribution in [0.2, 0.25) is 0 Å². The summed E-state index contributed by atoms with van der Waals surface area (Å²) in [4.78, 5) is 32.5. The van der Waals surface area contributed by atoms with Gasteiger partial charge in [0, 0.05) is 13.1 Å². The Labute approximate surface area is 193 Å². The number of fused-ring (bicyclic) bond motifs is 2. The SMILES string of the molecule is O=C(C(=O)c1ccc(C2OCN3CCCC3O2)s1)c1ccc(C2OCN3CCCC3O2)s1. The molecule has 0 amide bonds. The van der Waals surface area contributed by atoms with Crippen molar-refractivity contribution in [2.75, 3.05) is 26.6 Å². The molecule has 6 rings (SSSR count). The van der Waals surface area contributed by atoms with Crippen molar-refractivity contribution in [2.24, 2.45) is 0 Å². The van der Waals surface area contributed by atoms with E-state index in [0.29, 0.717) is 23.2 Å². The van der Waals surface area contributed by atoms with Crippen LogP contribution in [0.4, 0.5) is 0 Å². The fourth-order valence-corrected chi connectivity index (χ4v) is 6.47. The minimum absolute atomic E-state index is 0.0710. The van der Waals surface area contributed by atoms with E-state index in [1.54, 1.807) is 12.1 Å². The van der Waals surface area contributed by atoms with Crippen LogP contribution in [0, 0.1) is 0 Å². The third kappa shape index (κ3) is 3.88. The number of ether oxygens (including phenoxy) is 4. The first-order valence-corrected chi connectivity index (χ1v) is 12.6. The summed E-state index contributed by atoms with van der Waals surface area (Å²) in [6.07, 6.45) is 3.35. The molecule has 4 unspecified atom stereocenters. The van der Waals surface area contributed by atoms with Crippen molar-refractivity contribution in [2.45, 2.75) is 50.7 Å². The first kappa shape index (κ1) is 21.1. The van der Waals surface area contributed by atoms with Crippen molar-refractivity contribution in [1.82, 2.24) is 9.80 Å². The van der Waals surface area contributed by atoms with Gasteiger partial charge in [-0.1, -0.05) is 0 Å². The molecule has 0 N–H and O–H groups in total. The topological polar surface area (TPSA) is 77.5 Å². The first-order valence-electron chi connectivity index (χ1n) is 11.0. The van der Waals surface area contributed by atoms with Gasteiger partial charge in [0.1, 0.15) is 25.9 Å². The summed E-state index contributed by atoms with van der Waals surface area (Å²) < 4.78 is 23.7. The van der Waals surface area contributed by atoms with Crippen LogP contribution in [-0.4, -0.2) is 60.4 Å². The molecule has 2 aromatic rings. The maximum atomic E-state index is 12.9. The number of carbonyl (C=O) groups excluding carboxylic acids is 2. The molecule has 8 nitrogen and oxygen atoms in total. The Balaban J connectivity index is 1.12. The number of rotatable bonds is 5. The second-order valence-corrected chi connectivity index (χ2v) is 10.6. The molecule has 32 heavy (non-hydrogen) atoms. The van der Waals surface area contributed by atoms with Gasteiger partial charge >= 0.3 is 0 Å². The largest absolute Gasteiger partial charge is 0.332 e. The summed E-state index contributed by atoms with van der Waals surface area (Å²) in [6.45, 7) is 3.02. The standard InChI is InChI=1S/C22H24N2O6S2/c25-19(13-5-7-15(31-13)21-27-11-23-9-1-3-17(23)29-21)20(26)14-6-8-16(32-14)22-28-12-24-10-2-4-18(24)30-22/h5-8,17-18,21-22H,1-4,9-12H2. The fraction of sp³-hybridized carbons (Fsp3) is 0.545. The summed E-state index contributed by atoms with van der Waals surface area (Å²) >= 11 is 2.52. The van der Waals surface area contributed by atoms with Gasteiger partial charge in [0.2, 0.25) is 11.6 Å². The average molecular weight is 477 g/mol. The fourth-order valence-electron chi connectivity index (χ4n) is 4.61. The molecule has 0 aliphatic carbocycles. The third-order valence-corrected chi connectivity index (χ3v) is 8.54. The smallest absolute Gasteiger partial charge is 0.244 e. The minimum atomic E-state index is -0.514. The van der Waals surface area contributed by atoms with Gasteiger partial charge < -0.3 is 18.9 Å². The zero-order chi connectivity index (χ0) is 21.7. The quantitative estimate of drug-likeness (QED) is 0.477. The van der Waals surface area contributed by atoms with E-state index in [1.165, 1.54) is 22.7 Å². The van der Waals surface area contributed by atoms with E-state index < -0.39 is 24.1 Å². The Morgan fingerprint density at radius 1 is 0.750 bits per heavy atom. The highest BCUT2D eigenvalue weighted by atomic mass is 32.1. The van der Waals surface area contributed by atoms with Crippen LogP contribution in [0.5, 0.6) is 0 Å². The van der Waals surface area contributed by atoms with Crippen LogP contribution in [0.1, 0.15) is 67.4 Å². The second kappa shape index (κ2) is 8.69. The lowest BCUT2D eigenvalue weighted by atomic mass is 10.2. The lowest BCUT2D eigenvalue weighted by Crippen LogP contribution is -2.40. The molecule has 0 radical (unpaired) electrons. The Bertz CT molecular complexity index is 941. The van der Waals surface area contributed by atoms with Gasteiger partial charge in [0.25, 0.3) is 0 Å². The molecule has 4 atom stereocenters. The number of hydrogen-bond donors (Lipinski definition) is 0. The van der Waals surface area contributed by atoms with Crippen molar-refractivity contribution in [1.29, 1.82) is 0 Å². The van der Waals surface area contributed by atoms with Crippen LogP contribution in [-0.2, 0) is 18.9 Å². The van der Waals surface area contributed by atoms with Crippen molar-refractivity contribution >= 4 is 34.2 Å². The van der Waals surface area contributed by atoms with E-state index in [-0.39, 0.29) is 12.5 Å². The molecule has 170 valence electrons. The molecule has 4 saturated heterocycles. The predicted molar refractivity (Wildman–Crippen MR) is 116 cm³/mol. The van der Waals surface area contributed by atoms with Crippen LogP contribution >= 0.6 is 22.7 Å². The highest BCUT2D eigenvalue weighted by Crippen LogP contribution is 2.37. The number of ketones is 2. The van der Waals surface area contributed by atoms with Gasteiger partial charge in [-0.2, -0.15) is 0 Å². The van der Waals surface area contributed by atoms with Gasteiger partial charge in [0.05, 0.1) is 19.5 Å². The number of nitrogens with zero attached hydrogens (tertiary/aromatic N) is 2. The molecule has 6 heterocycles. The second-order valence-electron chi connectivity index (χ2n) is 8.41. The van der Waals surface area contributed by atoms with E-state index in [4.69, 9.17) is 18.9 Å². The van der Waals surface area contributed by atoms with Crippen molar-refractivity contribution in [3.63, 3.8) is 0 Å². The van der Waals surface area contributed by atoms with E-state index in [2.05, 4.69) is 9.80 Å². The average Bonchev–Trinajstić information content (AvgIpc) is 3.62. The van der Waals surface area contributed by atoms with Gasteiger partial charge in [-0.3, -0.25) is 19.4 Å². The number of Topliss-reactive ketones (excluding diaryl/α,β-unsaturated/α-hetero) is 2. The van der Waals surface area contributed by atoms with Gasteiger partial charge in [-0.15, -0.1) is 22.7 Å². The van der Waals surface area contributed by atoms with Gasteiger partial charge in [-0.25, -0.2) is 0 Å². The lowest BCUT2D eigenvalue weighted by molar-refractivity contribution is -0.277. The zero-order valence-corrected chi connectivity index (χ0v) is 19.1. The molecule has 4 aliphatic heterocycles. The maximum Gasteiger partial charge on any atom is 0.244 e. The van der Waals surface area contributed by atoms with Crippen molar-refractivity contribution in [3.05, 3.63) is 43.8 Å². The zero-order valence-electron chi connectivity index (χ0n) is 17.4. The summed E-state index contributed by atoms with van der Waals surface area (Å²) in [5, 5.41) is 0. The van der Waals surface area contributed by atoms with Crippen LogP contribution < -0.4 is 0 Å². The monoisotopic (exact) mass is 476 g/mol. The molecular weight excluding hydrogens is 452 g/mol. The molecule has 0 spiro atoms. The Morgan fingerprint density at radius 3 is 1.69 bits per heavy atom. The molecular formula is C22H24N2O6S2. The maximum absolute atomic E-state index is 12.9. The Kier molecular flexibility index (Phi) is 5.72. The van der Waals surface area contributed by atoms with E-state index in [9.17, 15) is 9.59 Å². The number of hydrogen-bond acceptors (Lipinski definition) is 10. The summed E-state index contributed by atoms with van der Waals surface area (Å²) in [5.41, 5.74) is 0. The highest BCUT2D eigenvalue weighted by Gasteiger charge is 2.36. The van der Waals surface area contributed by atoms with Gasteiger partial charge in [0.15, 0.2) is 12.6 Å². The summed E-state index contributed by atoms with van der Waals surface area (Å²) in [5.74, 6) is -1.03. The molecule has 0 aromatic carbocycles. The molecule has 4 fully saturated rings. The highest BCUT2D eigenvalue weighted by molar-refractivity contribution is 7.17. The van der Waals surface area contributed by atoms with E-state index in [1.807, 2.05) is 12.1 Å². The Hall–Kier alpha value is -1.50. The Morgan fingerprint density at radius 2 is 1.22 bits per heavy atom. The summed E-state index contributed by atoms with van der Waals surface area (Å²) in [6, 6.07) is 7.00. The molecule has 0 saturated carbocycles. The first-order chi connectivity index (χ1) is 15.7. The third-order valence-electron chi connectivity index (χ3n) is 6.32. The lowest BCUT2D eigenvalue weighted by Gasteiger charge is -2.34. The van der Waals surface area contributed by atoms with Crippen LogP contribution in [0.25, 0.3) is 0 Å².